The molecule has 1 aliphatic rings. The smallest absolute Gasteiger partial charge is 0.256 e. The molecule has 17 heavy (non-hydrogen) atoms. The quantitative estimate of drug-likeness (QED) is 0.833. The first-order chi connectivity index (χ1) is 8.01. The van der Waals surface area contributed by atoms with Crippen molar-refractivity contribution in [3.8, 4) is 5.75 Å². The summed E-state index contributed by atoms with van der Waals surface area (Å²) < 4.78 is 25.4. The van der Waals surface area contributed by atoms with Crippen molar-refractivity contribution in [3.63, 3.8) is 0 Å². The lowest BCUT2D eigenvalue weighted by Crippen LogP contribution is -2.55. The molecule has 0 spiro atoms. The van der Waals surface area contributed by atoms with Gasteiger partial charge in [0.2, 0.25) is 0 Å². The molecule has 5 heteroatoms. The summed E-state index contributed by atoms with van der Waals surface area (Å²) in [6, 6.07) is 6.74. The lowest BCUT2D eigenvalue weighted by atomic mass is 9.89. The number of piperidine rings is 1. The van der Waals surface area contributed by atoms with Gasteiger partial charge in [-0.3, -0.25) is 0 Å². The molecule has 1 fully saturated rings. The zero-order valence-corrected chi connectivity index (χ0v) is 9.44. The summed E-state index contributed by atoms with van der Waals surface area (Å²) in [7, 11) is 0. The van der Waals surface area contributed by atoms with Crippen LogP contribution in [0.3, 0.4) is 0 Å². The van der Waals surface area contributed by atoms with Crippen LogP contribution in [0.5, 0.6) is 5.75 Å². The predicted molar refractivity (Wildman–Crippen MR) is 62.5 cm³/mol. The third kappa shape index (κ3) is 2.49. The van der Waals surface area contributed by atoms with Gasteiger partial charge in [-0.05, 0) is 37.1 Å². The number of aromatic hydroxyl groups is 1. The van der Waals surface area contributed by atoms with Gasteiger partial charge >= 0.3 is 0 Å². The molecule has 0 saturated carbocycles. The molecular weight excluding hydrogens is 226 g/mol. The van der Waals surface area contributed by atoms with E-state index in [1.54, 1.807) is 24.3 Å². The second-order valence-electron chi connectivity index (χ2n) is 4.54. The van der Waals surface area contributed by atoms with E-state index in [9.17, 15) is 13.9 Å². The molecule has 0 amide bonds. The zero-order chi connectivity index (χ0) is 12.5. The number of hydrogen-bond acceptors (Lipinski definition) is 3. The van der Waals surface area contributed by atoms with Crippen LogP contribution in [-0.2, 0) is 0 Å². The van der Waals surface area contributed by atoms with Gasteiger partial charge in [0.25, 0.3) is 6.43 Å². The van der Waals surface area contributed by atoms with Gasteiger partial charge in [-0.2, -0.15) is 0 Å². The highest BCUT2D eigenvalue weighted by Gasteiger charge is 2.38. The van der Waals surface area contributed by atoms with E-state index < -0.39 is 12.0 Å². The van der Waals surface area contributed by atoms with E-state index in [4.69, 9.17) is 5.73 Å². The number of phenolic OH excluding ortho intramolecular Hbond substituents is 1. The van der Waals surface area contributed by atoms with Crippen LogP contribution < -0.4 is 10.6 Å². The summed E-state index contributed by atoms with van der Waals surface area (Å²) in [5.41, 5.74) is 5.24. The average molecular weight is 242 g/mol. The van der Waals surface area contributed by atoms with E-state index in [0.29, 0.717) is 13.1 Å². The van der Waals surface area contributed by atoms with Gasteiger partial charge in [0.1, 0.15) is 5.75 Å². The number of alkyl halides is 2. The highest BCUT2D eigenvalue weighted by Crippen LogP contribution is 2.29. The van der Waals surface area contributed by atoms with E-state index >= 15 is 0 Å². The SMILES string of the molecule is NC1(C(F)F)CCN(c2ccc(O)cc2)CC1. The van der Waals surface area contributed by atoms with Gasteiger partial charge in [-0.1, -0.05) is 0 Å². The molecule has 2 rings (SSSR count). The molecule has 94 valence electrons. The van der Waals surface area contributed by atoms with E-state index in [2.05, 4.69) is 0 Å². The monoisotopic (exact) mass is 242 g/mol. The summed E-state index contributed by atoms with van der Waals surface area (Å²) in [6.45, 7) is 1.04. The summed E-state index contributed by atoms with van der Waals surface area (Å²) >= 11 is 0. The van der Waals surface area contributed by atoms with Crippen LogP contribution in [0.4, 0.5) is 14.5 Å². The normalized spacial score (nSPS) is 19.6. The van der Waals surface area contributed by atoms with Gasteiger partial charge in [0.15, 0.2) is 0 Å². The maximum absolute atomic E-state index is 12.7. The summed E-state index contributed by atoms with van der Waals surface area (Å²) in [5, 5.41) is 9.17. The van der Waals surface area contributed by atoms with E-state index in [1.165, 1.54) is 0 Å². The Balaban J connectivity index is 2.02. The summed E-state index contributed by atoms with van der Waals surface area (Å²) in [4.78, 5) is 2.01. The van der Waals surface area contributed by atoms with E-state index in [0.717, 1.165) is 5.69 Å². The molecule has 0 unspecified atom stereocenters. The molecule has 1 heterocycles. The van der Waals surface area contributed by atoms with Crippen molar-refractivity contribution in [3.05, 3.63) is 24.3 Å². The van der Waals surface area contributed by atoms with Crippen LogP contribution in [0.15, 0.2) is 24.3 Å². The van der Waals surface area contributed by atoms with Crippen molar-refractivity contribution in [1.29, 1.82) is 0 Å². The third-order valence-electron chi connectivity index (χ3n) is 3.34. The highest BCUT2D eigenvalue weighted by atomic mass is 19.3. The van der Waals surface area contributed by atoms with Gasteiger partial charge in [-0.25, -0.2) is 8.78 Å². The standard InChI is InChI=1S/C12H16F2N2O/c13-11(14)12(15)5-7-16(8-6-12)9-1-3-10(17)4-2-9/h1-4,11,17H,5-8,15H2. The lowest BCUT2D eigenvalue weighted by Gasteiger charge is -2.39. The molecule has 1 aliphatic heterocycles. The van der Waals surface area contributed by atoms with Crippen molar-refractivity contribution in [2.24, 2.45) is 5.73 Å². The minimum atomic E-state index is -2.47. The molecule has 1 aromatic carbocycles. The van der Waals surface area contributed by atoms with Gasteiger partial charge in [0, 0.05) is 18.8 Å². The molecule has 0 aliphatic carbocycles. The Labute approximate surface area is 98.8 Å². The third-order valence-corrected chi connectivity index (χ3v) is 3.34. The molecule has 0 bridgehead atoms. The fourth-order valence-electron chi connectivity index (χ4n) is 2.06. The number of rotatable bonds is 2. The first-order valence-corrected chi connectivity index (χ1v) is 5.62. The Bertz CT molecular complexity index is 373. The number of nitrogens with two attached hydrogens (primary N) is 1. The fraction of sp³-hybridized carbons (Fsp3) is 0.500. The minimum absolute atomic E-state index is 0.200. The van der Waals surface area contributed by atoms with Crippen LogP contribution in [0.2, 0.25) is 0 Å². The molecule has 0 aromatic heterocycles. The first kappa shape index (κ1) is 12.1. The maximum atomic E-state index is 12.7. The van der Waals surface area contributed by atoms with Crippen LogP contribution in [0.25, 0.3) is 0 Å². The Hall–Kier alpha value is -1.36. The van der Waals surface area contributed by atoms with Crippen molar-refractivity contribution in [2.45, 2.75) is 24.8 Å². The Morgan fingerprint density at radius 1 is 1.18 bits per heavy atom. The largest absolute Gasteiger partial charge is 0.508 e. The predicted octanol–water partition coefficient (Wildman–Crippen LogP) is 1.96. The van der Waals surface area contributed by atoms with Gasteiger partial charge in [0.05, 0.1) is 5.54 Å². The second kappa shape index (κ2) is 4.49. The molecular formula is C12H16F2N2O. The Morgan fingerprint density at radius 3 is 2.18 bits per heavy atom. The second-order valence-corrected chi connectivity index (χ2v) is 4.54. The fourth-order valence-corrected chi connectivity index (χ4v) is 2.06. The van der Waals surface area contributed by atoms with Gasteiger partial charge < -0.3 is 15.7 Å². The van der Waals surface area contributed by atoms with Crippen molar-refractivity contribution in [1.82, 2.24) is 0 Å². The van der Waals surface area contributed by atoms with Crippen molar-refractivity contribution < 1.29 is 13.9 Å². The topological polar surface area (TPSA) is 49.5 Å². The van der Waals surface area contributed by atoms with Crippen LogP contribution in [0.1, 0.15) is 12.8 Å². The average Bonchev–Trinajstić information content (AvgIpc) is 2.31. The van der Waals surface area contributed by atoms with Gasteiger partial charge in [-0.15, -0.1) is 0 Å². The number of anilines is 1. The molecule has 0 atom stereocenters. The minimum Gasteiger partial charge on any atom is -0.508 e. The van der Waals surface area contributed by atoms with Crippen molar-refractivity contribution >= 4 is 5.69 Å². The highest BCUT2D eigenvalue weighted by molar-refractivity contribution is 5.49. The van der Waals surface area contributed by atoms with Crippen LogP contribution in [-0.4, -0.2) is 30.2 Å². The molecule has 3 nitrogen and oxygen atoms in total. The number of nitrogens with zero attached hydrogens (tertiary/aromatic N) is 1. The van der Waals surface area contributed by atoms with Crippen molar-refractivity contribution in [2.75, 3.05) is 18.0 Å². The first-order valence-electron chi connectivity index (χ1n) is 5.62. The number of halogens is 2. The summed E-state index contributed by atoms with van der Waals surface area (Å²) in [6.07, 6.45) is -1.90. The maximum Gasteiger partial charge on any atom is 0.256 e. The molecule has 1 saturated heterocycles. The zero-order valence-electron chi connectivity index (χ0n) is 9.44. The number of benzene rings is 1. The Morgan fingerprint density at radius 2 is 1.71 bits per heavy atom. The molecule has 3 N–H and O–H groups in total. The van der Waals surface area contributed by atoms with E-state index in [-0.39, 0.29) is 18.6 Å². The summed E-state index contributed by atoms with van der Waals surface area (Å²) in [5.74, 6) is 0.200. The molecule has 0 radical (unpaired) electrons. The number of hydrogen-bond donors (Lipinski definition) is 2. The number of phenols is 1. The molecule has 1 aromatic rings. The Kier molecular flexibility index (Phi) is 3.19. The van der Waals surface area contributed by atoms with Crippen LogP contribution in [0, 0.1) is 0 Å². The lowest BCUT2D eigenvalue weighted by molar-refractivity contribution is 0.0391. The van der Waals surface area contributed by atoms with Crippen LogP contribution >= 0.6 is 0 Å². The van der Waals surface area contributed by atoms with E-state index in [1.807, 2.05) is 4.90 Å².